The van der Waals surface area contributed by atoms with E-state index >= 15 is 0 Å². The van der Waals surface area contributed by atoms with Crippen LogP contribution in [0.1, 0.15) is 118 Å². The Balaban J connectivity index is 1.46. The van der Waals surface area contributed by atoms with Crippen LogP contribution in [-0.2, 0) is 4.74 Å². The number of hydrogen-bond acceptors (Lipinski definition) is 2. The predicted octanol–water partition coefficient (Wildman–Crippen LogP) is 8.99. The third-order valence-electron chi connectivity index (χ3n) is 8.68. The van der Waals surface area contributed by atoms with Crippen molar-refractivity contribution in [2.45, 2.75) is 118 Å². The number of rotatable bonds is 9. The van der Waals surface area contributed by atoms with Crippen molar-refractivity contribution in [1.82, 2.24) is 0 Å². The van der Waals surface area contributed by atoms with Crippen LogP contribution in [0.5, 0.6) is 5.75 Å². The summed E-state index contributed by atoms with van der Waals surface area (Å²) in [4.78, 5) is 0. The third-order valence-corrected chi connectivity index (χ3v) is 8.68. The Labute approximate surface area is 204 Å². The molecule has 2 unspecified atom stereocenters. The van der Waals surface area contributed by atoms with E-state index in [-0.39, 0.29) is 11.7 Å². The Bertz CT molecular complexity index is 728. The van der Waals surface area contributed by atoms with Crippen molar-refractivity contribution in [3.05, 3.63) is 29.8 Å². The molecule has 0 aromatic heterocycles. The van der Waals surface area contributed by atoms with Crippen LogP contribution in [0, 0.1) is 34.0 Å². The largest absolute Gasteiger partial charge is 0.465 e. The van der Waals surface area contributed by atoms with Gasteiger partial charge >= 0.3 is 0 Å². The minimum Gasteiger partial charge on any atom is -0.465 e. The molecule has 186 valence electrons. The first-order chi connectivity index (χ1) is 15.4. The highest BCUT2D eigenvalue weighted by atomic mass is 16.7. The molecule has 0 radical (unpaired) electrons. The van der Waals surface area contributed by atoms with Crippen LogP contribution in [0.15, 0.2) is 24.3 Å². The van der Waals surface area contributed by atoms with Gasteiger partial charge in [0.15, 0.2) is 6.29 Å². The van der Waals surface area contributed by atoms with Gasteiger partial charge in [-0.15, -0.1) is 0 Å². The van der Waals surface area contributed by atoms with Crippen molar-refractivity contribution < 1.29 is 9.47 Å². The van der Waals surface area contributed by atoms with Crippen molar-refractivity contribution in [2.75, 3.05) is 6.61 Å². The summed E-state index contributed by atoms with van der Waals surface area (Å²) in [5, 5.41) is 0. The minimum atomic E-state index is -0.111. The second-order valence-corrected chi connectivity index (χ2v) is 14.3. The summed E-state index contributed by atoms with van der Waals surface area (Å²) in [6, 6.07) is 8.99. The minimum absolute atomic E-state index is 0.111. The van der Waals surface area contributed by atoms with E-state index in [1.54, 1.807) is 0 Å². The molecule has 0 N–H and O–H groups in total. The number of benzene rings is 1. The first kappa shape index (κ1) is 25.1. The van der Waals surface area contributed by atoms with Crippen LogP contribution in [0.4, 0.5) is 0 Å². The van der Waals surface area contributed by atoms with Gasteiger partial charge in [-0.25, -0.2) is 0 Å². The van der Waals surface area contributed by atoms with Crippen LogP contribution in [0.25, 0.3) is 0 Å². The average Bonchev–Trinajstić information content (AvgIpc) is 2.68. The second-order valence-electron chi connectivity index (χ2n) is 14.3. The van der Waals surface area contributed by atoms with E-state index in [0.29, 0.717) is 16.7 Å². The fraction of sp³-hybridized carbons (Fsp3) is 0.806. The highest BCUT2D eigenvalue weighted by molar-refractivity contribution is 5.30. The van der Waals surface area contributed by atoms with Gasteiger partial charge in [-0.3, -0.25) is 0 Å². The van der Waals surface area contributed by atoms with E-state index in [4.69, 9.17) is 9.47 Å². The summed E-state index contributed by atoms with van der Waals surface area (Å²) >= 11 is 0. The highest BCUT2D eigenvalue weighted by Gasteiger charge is 2.51. The molecular weight excluding hydrogens is 404 g/mol. The predicted molar refractivity (Wildman–Crippen MR) is 139 cm³/mol. The summed E-state index contributed by atoms with van der Waals surface area (Å²) < 4.78 is 12.9. The zero-order chi connectivity index (χ0) is 23.9. The summed E-state index contributed by atoms with van der Waals surface area (Å²) in [7, 11) is 0. The SMILES string of the molecule is CCCOC(CC12CC3CC(CC(C3)C1)C2)Oc1ccc(C(CC(C)(C)C)C(C)(C)C)cc1. The van der Waals surface area contributed by atoms with Crippen molar-refractivity contribution in [2.24, 2.45) is 34.0 Å². The quantitative estimate of drug-likeness (QED) is 0.347. The maximum Gasteiger partial charge on any atom is 0.200 e. The van der Waals surface area contributed by atoms with Gasteiger partial charge in [0, 0.05) is 6.42 Å². The van der Waals surface area contributed by atoms with Crippen LogP contribution < -0.4 is 4.74 Å². The van der Waals surface area contributed by atoms with Gasteiger partial charge in [0.05, 0.1) is 6.61 Å². The van der Waals surface area contributed by atoms with E-state index in [1.807, 2.05) is 0 Å². The molecule has 2 atom stereocenters. The lowest BCUT2D eigenvalue weighted by atomic mass is 9.49. The lowest BCUT2D eigenvalue weighted by molar-refractivity contribution is -0.142. The first-order valence-corrected chi connectivity index (χ1v) is 13.8. The van der Waals surface area contributed by atoms with Crippen LogP contribution >= 0.6 is 0 Å². The molecular formula is C31H50O2. The summed E-state index contributed by atoms with van der Waals surface area (Å²) in [5.74, 6) is 4.41. The Morgan fingerprint density at radius 1 is 0.879 bits per heavy atom. The first-order valence-electron chi connectivity index (χ1n) is 13.8. The molecule has 2 heteroatoms. The summed E-state index contributed by atoms with van der Waals surface area (Å²) in [6.45, 7) is 17.1. The van der Waals surface area contributed by atoms with Gasteiger partial charge in [-0.2, -0.15) is 0 Å². The summed E-state index contributed by atoms with van der Waals surface area (Å²) in [5.41, 5.74) is 2.44. The lowest BCUT2D eigenvalue weighted by Crippen LogP contribution is -2.48. The van der Waals surface area contributed by atoms with Crippen LogP contribution in [-0.4, -0.2) is 12.9 Å². The Morgan fingerprint density at radius 3 is 1.88 bits per heavy atom. The molecule has 0 aliphatic heterocycles. The molecule has 5 rings (SSSR count). The summed E-state index contributed by atoms with van der Waals surface area (Å²) in [6.07, 6.45) is 11.9. The van der Waals surface area contributed by atoms with E-state index in [1.165, 1.54) is 50.5 Å². The topological polar surface area (TPSA) is 18.5 Å². The standard InChI is InChI=1S/C31H50O2/c1-8-13-32-28(21-31-17-22-14-23(18-31)16-24(15-22)19-31)33-26-11-9-25(10-12-26)27(30(5,6)7)20-29(2,3)4/h9-12,22-24,27-28H,8,13-21H2,1-7H3. The molecule has 4 aliphatic rings. The molecule has 33 heavy (non-hydrogen) atoms. The van der Waals surface area contributed by atoms with E-state index < -0.39 is 0 Å². The Morgan fingerprint density at radius 2 is 1.42 bits per heavy atom. The van der Waals surface area contributed by atoms with Gasteiger partial charge < -0.3 is 9.47 Å². The van der Waals surface area contributed by atoms with Crippen molar-refractivity contribution in [3.63, 3.8) is 0 Å². The molecule has 2 nitrogen and oxygen atoms in total. The zero-order valence-corrected chi connectivity index (χ0v) is 22.6. The van der Waals surface area contributed by atoms with E-state index in [0.717, 1.165) is 43.0 Å². The van der Waals surface area contributed by atoms with Gasteiger partial charge in [0.25, 0.3) is 0 Å². The molecule has 1 aromatic carbocycles. The second kappa shape index (κ2) is 9.56. The molecule has 4 fully saturated rings. The average molecular weight is 455 g/mol. The fourth-order valence-corrected chi connectivity index (χ4v) is 7.74. The Hall–Kier alpha value is -1.02. The highest BCUT2D eigenvalue weighted by Crippen LogP contribution is 2.61. The monoisotopic (exact) mass is 454 g/mol. The van der Waals surface area contributed by atoms with Crippen molar-refractivity contribution >= 4 is 0 Å². The van der Waals surface area contributed by atoms with Crippen LogP contribution in [0.3, 0.4) is 0 Å². The van der Waals surface area contributed by atoms with Gasteiger partial charge in [-0.05, 0) is 109 Å². The van der Waals surface area contributed by atoms with Gasteiger partial charge in [-0.1, -0.05) is 60.6 Å². The fourth-order valence-electron chi connectivity index (χ4n) is 7.74. The molecule has 1 aromatic rings. The van der Waals surface area contributed by atoms with Gasteiger partial charge in [0.1, 0.15) is 5.75 Å². The normalized spacial score (nSPS) is 30.9. The molecule has 0 heterocycles. The van der Waals surface area contributed by atoms with Crippen molar-refractivity contribution in [1.29, 1.82) is 0 Å². The zero-order valence-electron chi connectivity index (χ0n) is 22.6. The Kier molecular flexibility index (Phi) is 7.26. The van der Waals surface area contributed by atoms with Crippen LogP contribution in [0.2, 0.25) is 0 Å². The lowest BCUT2D eigenvalue weighted by Gasteiger charge is -2.57. The maximum atomic E-state index is 6.55. The van der Waals surface area contributed by atoms with E-state index in [2.05, 4.69) is 72.7 Å². The van der Waals surface area contributed by atoms with Gasteiger partial charge in [0.2, 0.25) is 0 Å². The smallest absolute Gasteiger partial charge is 0.200 e. The van der Waals surface area contributed by atoms with E-state index in [9.17, 15) is 0 Å². The number of hydrogen-bond donors (Lipinski definition) is 0. The molecule has 4 bridgehead atoms. The molecule has 4 aliphatic carbocycles. The van der Waals surface area contributed by atoms with Crippen molar-refractivity contribution in [3.8, 4) is 5.75 Å². The molecule has 0 saturated heterocycles. The molecule has 4 saturated carbocycles. The molecule has 0 spiro atoms. The molecule has 0 amide bonds. The number of ether oxygens (including phenoxy) is 2. The third kappa shape index (κ3) is 6.36. The maximum absolute atomic E-state index is 6.55.